The third kappa shape index (κ3) is 2.15. The first-order valence-corrected chi connectivity index (χ1v) is 7.89. The smallest absolute Gasteiger partial charge is 0.00792 e. The summed E-state index contributed by atoms with van der Waals surface area (Å²) in [6.07, 6.45) is 9.96. The highest BCUT2D eigenvalue weighted by molar-refractivity contribution is 5.82. The van der Waals surface area contributed by atoms with Crippen LogP contribution in [0.1, 0.15) is 33.4 Å². The maximum absolute atomic E-state index is 4.00. The maximum Gasteiger partial charge on any atom is -0.00792 e. The predicted octanol–water partition coefficient (Wildman–Crippen LogP) is 4.70. The van der Waals surface area contributed by atoms with E-state index in [1.165, 1.54) is 33.4 Å². The SMILES string of the molecule is C=CC1=CCc2c3ccc(c21)CCc1ccc(cc1)CC3. The van der Waals surface area contributed by atoms with Gasteiger partial charge in [-0.2, -0.15) is 0 Å². The average molecular weight is 272 g/mol. The second-order valence-corrected chi connectivity index (χ2v) is 6.12. The van der Waals surface area contributed by atoms with E-state index in [1.54, 1.807) is 5.56 Å². The number of hydrogen-bond acceptors (Lipinski definition) is 0. The Morgan fingerprint density at radius 3 is 2.05 bits per heavy atom. The quantitative estimate of drug-likeness (QED) is 0.706. The van der Waals surface area contributed by atoms with Gasteiger partial charge in [0.05, 0.1) is 0 Å². The van der Waals surface area contributed by atoms with Gasteiger partial charge < -0.3 is 0 Å². The van der Waals surface area contributed by atoms with Gasteiger partial charge in [0.25, 0.3) is 0 Å². The molecule has 0 heteroatoms. The Bertz CT molecular complexity index is 729. The van der Waals surface area contributed by atoms with Crippen molar-refractivity contribution >= 4 is 5.57 Å². The summed E-state index contributed by atoms with van der Waals surface area (Å²) in [5.74, 6) is 0. The predicted molar refractivity (Wildman–Crippen MR) is 89.6 cm³/mol. The number of allylic oxidation sites excluding steroid dienone is 3. The normalized spacial score (nSPS) is 16.1. The van der Waals surface area contributed by atoms with Crippen LogP contribution in [0.5, 0.6) is 0 Å². The van der Waals surface area contributed by atoms with Crippen molar-refractivity contribution in [3.8, 4) is 0 Å². The molecule has 0 aromatic heterocycles. The number of hydrogen-bond donors (Lipinski definition) is 0. The standard InChI is InChI=1S/C21H20/c1-2-17-13-14-20-18-9-7-15-3-5-16(6-4-15)8-10-19(12-11-18)21(17)20/h2-6,11-13H,1,7-10,14H2. The summed E-state index contributed by atoms with van der Waals surface area (Å²) in [6.45, 7) is 4.00. The molecule has 4 bridgehead atoms. The molecule has 104 valence electrons. The van der Waals surface area contributed by atoms with Crippen LogP contribution in [0.25, 0.3) is 5.57 Å². The lowest BCUT2D eigenvalue weighted by atomic mass is 9.88. The first-order chi connectivity index (χ1) is 10.3. The Morgan fingerprint density at radius 2 is 1.38 bits per heavy atom. The van der Waals surface area contributed by atoms with E-state index in [1.807, 2.05) is 6.08 Å². The number of rotatable bonds is 1. The second kappa shape index (κ2) is 5.04. The molecule has 0 saturated heterocycles. The fourth-order valence-corrected chi connectivity index (χ4v) is 3.70. The second-order valence-electron chi connectivity index (χ2n) is 6.12. The zero-order chi connectivity index (χ0) is 14.2. The van der Waals surface area contributed by atoms with Gasteiger partial charge in [0.15, 0.2) is 0 Å². The van der Waals surface area contributed by atoms with Gasteiger partial charge in [0.2, 0.25) is 0 Å². The molecule has 7 rings (SSSR count). The van der Waals surface area contributed by atoms with Crippen molar-refractivity contribution in [1.29, 1.82) is 0 Å². The van der Waals surface area contributed by atoms with Gasteiger partial charge in [-0.25, -0.2) is 0 Å². The van der Waals surface area contributed by atoms with Gasteiger partial charge in [-0.3, -0.25) is 0 Å². The topological polar surface area (TPSA) is 0 Å². The van der Waals surface area contributed by atoms with Crippen LogP contribution in [0.3, 0.4) is 0 Å². The van der Waals surface area contributed by atoms with Crippen LogP contribution in [0, 0.1) is 0 Å². The molecule has 0 atom stereocenters. The van der Waals surface area contributed by atoms with E-state index in [0.717, 1.165) is 32.1 Å². The van der Waals surface area contributed by atoms with Crippen LogP contribution in [-0.4, -0.2) is 0 Å². The van der Waals surface area contributed by atoms with Crippen molar-refractivity contribution in [2.24, 2.45) is 0 Å². The molecule has 0 N–H and O–H groups in total. The van der Waals surface area contributed by atoms with Gasteiger partial charge >= 0.3 is 0 Å². The molecule has 0 radical (unpaired) electrons. The van der Waals surface area contributed by atoms with Crippen LogP contribution < -0.4 is 0 Å². The third-order valence-corrected chi connectivity index (χ3v) is 4.92. The fourth-order valence-electron chi connectivity index (χ4n) is 3.70. The zero-order valence-electron chi connectivity index (χ0n) is 12.4. The van der Waals surface area contributed by atoms with E-state index < -0.39 is 0 Å². The molecule has 0 unspecified atom stereocenters. The minimum absolute atomic E-state index is 1.08. The van der Waals surface area contributed by atoms with E-state index in [0.29, 0.717) is 0 Å². The number of aryl methyl sites for hydroxylation is 4. The Hall–Kier alpha value is -2.08. The van der Waals surface area contributed by atoms with E-state index in [9.17, 15) is 0 Å². The van der Waals surface area contributed by atoms with Crippen LogP contribution in [-0.2, 0) is 32.1 Å². The Kier molecular flexibility index (Phi) is 3.03. The minimum atomic E-state index is 1.08. The van der Waals surface area contributed by atoms with E-state index in [-0.39, 0.29) is 0 Å². The molecule has 0 amide bonds. The highest BCUT2D eigenvalue weighted by Crippen LogP contribution is 2.35. The summed E-state index contributed by atoms with van der Waals surface area (Å²) in [5, 5.41) is 0. The van der Waals surface area contributed by atoms with Gasteiger partial charge in [-0.15, -0.1) is 0 Å². The summed E-state index contributed by atoms with van der Waals surface area (Å²) in [5.41, 5.74) is 10.3. The molecule has 5 aliphatic rings. The van der Waals surface area contributed by atoms with Crippen molar-refractivity contribution in [2.45, 2.75) is 32.1 Å². The van der Waals surface area contributed by atoms with Crippen molar-refractivity contribution in [3.05, 3.63) is 88.5 Å². The lowest BCUT2D eigenvalue weighted by Crippen LogP contribution is -2.04. The van der Waals surface area contributed by atoms with Gasteiger partial charge in [-0.1, -0.05) is 55.1 Å². The molecule has 21 heavy (non-hydrogen) atoms. The van der Waals surface area contributed by atoms with Crippen LogP contribution in [0.4, 0.5) is 0 Å². The molecule has 0 nitrogen and oxygen atoms in total. The summed E-state index contributed by atoms with van der Waals surface area (Å²) >= 11 is 0. The Labute approximate surface area is 126 Å². The highest BCUT2D eigenvalue weighted by Gasteiger charge is 2.19. The van der Waals surface area contributed by atoms with Crippen molar-refractivity contribution in [2.75, 3.05) is 0 Å². The van der Waals surface area contributed by atoms with Crippen LogP contribution in [0.2, 0.25) is 0 Å². The largest absolute Gasteiger partial charge is 0.0985 e. The lowest BCUT2D eigenvalue weighted by Gasteiger charge is -2.16. The first kappa shape index (κ1) is 12.6. The molecular weight excluding hydrogens is 252 g/mol. The van der Waals surface area contributed by atoms with Crippen molar-refractivity contribution < 1.29 is 0 Å². The molecule has 0 heterocycles. The van der Waals surface area contributed by atoms with Gasteiger partial charge in [0.1, 0.15) is 0 Å². The molecule has 2 aromatic rings. The van der Waals surface area contributed by atoms with Gasteiger partial charge in [-0.05, 0) is 71.1 Å². The third-order valence-electron chi connectivity index (χ3n) is 4.92. The van der Waals surface area contributed by atoms with E-state index in [2.05, 4.69) is 49.1 Å². The molecule has 0 spiro atoms. The minimum Gasteiger partial charge on any atom is -0.0985 e. The van der Waals surface area contributed by atoms with E-state index in [4.69, 9.17) is 0 Å². The lowest BCUT2D eigenvalue weighted by molar-refractivity contribution is 0.906. The van der Waals surface area contributed by atoms with Gasteiger partial charge in [0, 0.05) is 0 Å². The van der Waals surface area contributed by atoms with Crippen LogP contribution >= 0.6 is 0 Å². The molecule has 0 fully saturated rings. The summed E-state index contributed by atoms with van der Waals surface area (Å²) < 4.78 is 0. The number of benzene rings is 2. The summed E-state index contributed by atoms with van der Waals surface area (Å²) in [7, 11) is 0. The zero-order valence-corrected chi connectivity index (χ0v) is 12.4. The molecule has 5 aliphatic carbocycles. The summed E-state index contributed by atoms with van der Waals surface area (Å²) in [6, 6.07) is 13.9. The first-order valence-electron chi connectivity index (χ1n) is 7.89. The Morgan fingerprint density at radius 1 is 0.762 bits per heavy atom. The molecule has 0 aliphatic heterocycles. The molecule has 0 saturated carbocycles. The average Bonchev–Trinajstić information content (AvgIpc) is 2.94. The Balaban J connectivity index is 1.84. The maximum atomic E-state index is 4.00. The molecular formula is C21H20. The molecule has 2 aromatic carbocycles. The van der Waals surface area contributed by atoms with Crippen LogP contribution in [0.15, 0.2) is 55.1 Å². The fraction of sp³-hybridized carbons (Fsp3) is 0.238. The highest BCUT2D eigenvalue weighted by atomic mass is 14.2. The monoisotopic (exact) mass is 272 g/mol. The van der Waals surface area contributed by atoms with E-state index >= 15 is 0 Å². The van der Waals surface area contributed by atoms with Crippen molar-refractivity contribution in [3.63, 3.8) is 0 Å². The summed E-state index contributed by atoms with van der Waals surface area (Å²) in [4.78, 5) is 0. The van der Waals surface area contributed by atoms with Crippen molar-refractivity contribution in [1.82, 2.24) is 0 Å².